The SMILES string of the molecule is COC(=O)c1ccc(NC(=O)C(N)CCC(=O)O)c(C)c1. The largest absolute Gasteiger partial charge is 0.481 e. The molecule has 1 aromatic rings. The van der Waals surface area contributed by atoms with Crippen molar-refractivity contribution in [2.24, 2.45) is 5.73 Å². The van der Waals surface area contributed by atoms with Crippen molar-refractivity contribution >= 4 is 23.5 Å². The van der Waals surface area contributed by atoms with Crippen molar-refractivity contribution in [1.29, 1.82) is 0 Å². The Balaban J connectivity index is 2.72. The highest BCUT2D eigenvalue weighted by molar-refractivity contribution is 5.96. The van der Waals surface area contributed by atoms with Crippen molar-refractivity contribution in [3.63, 3.8) is 0 Å². The molecule has 0 spiro atoms. The molecule has 1 atom stereocenters. The third-order valence-corrected chi connectivity index (χ3v) is 2.91. The van der Waals surface area contributed by atoms with Crippen LogP contribution in [0.15, 0.2) is 18.2 Å². The summed E-state index contributed by atoms with van der Waals surface area (Å²) in [6, 6.07) is 3.78. The normalized spacial score (nSPS) is 11.6. The third-order valence-electron chi connectivity index (χ3n) is 2.91. The lowest BCUT2D eigenvalue weighted by molar-refractivity contribution is -0.137. The second-order valence-corrected chi connectivity index (χ2v) is 4.55. The molecule has 0 bridgehead atoms. The van der Waals surface area contributed by atoms with Crippen LogP contribution in [-0.4, -0.2) is 36.1 Å². The lowest BCUT2D eigenvalue weighted by Crippen LogP contribution is -2.36. The zero-order valence-corrected chi connectivity index (χ0v) is 11.9. The number of anilines is 1. The van der Waals surface area contributed by atoms with Crippen molar-refractivity contribution in [3.05, 3.63) is 29.3 Å². The molecule has 0 saturated carbocycles. The summed E-state index contributed by atoms with van der Waals surface area (Å²) in [5.41, 5.74) is 7.18. The first-order valence-corrected chi connectivity index (χ1v) is 6.32. The number of carboxylic acids is 1. The van der Waals surface area contributed by atoms with E-state index < -0.39 is 23.9 Å². The van der Waals surface area contributed by atoms with Crippen LogP contribution >= 0.6 is 0 Å². The molecule has 0 fully saturated rings. The Morgan fingerprint density at radius 1 is 1.38 bits per heavy atom. The van der Waals surface area contributed by atoms with Crippen molar-refractivity contribution in [1.82, 2.24) is 0 Å². The molecule has 4 N–H and O–H groups in total. The molecule has 1 unspecified atom stereocenters. The Bertz CT molecular complexity index is 556. The smallest absolute Gasteiger partial charge is 0.337 e. The van der Waals surface area contributed by atoms with Crippen LogP contribution in [0.4, 0.5) is 5.69 Å². The summed E-state index contributed by atoms with van der Waals surface area (Å²) in [7, 11) is 1.29. The molecule has 0 aromatic heterocycles. The molecule has 114 valence electrons. The van der Waals surface area contributed by atoms with E-state index in [1.807, 2.05) is 0 Å². The fourth-order valence-electron chi connectivity index (χ4n) is 1.68. The van der Waals surface area contributed by atoms with E-state index in [4.69, 9.17) is 10.8 Å². The Kier molecular flexibility index (Phi) is 5.86. The van der Waals surface area contributed by atoms with Gasteiger partial charge in [-0.1, -0.05) is 0 Å². The highest BCUT2D eigenvalue weighted by atomic mass is 16.5. The summed E-state index contributed by atoms with van der Waals surface area (Å²) in [6.07, 6.45) is -0.116. The van der Waals surface area contributed by atoms with Gasteiger partial charge in [-0.15, -0.1) is 0 Å². The number of nitrogens with one attached hydrogen (secondary N) is 1. The molecule has 0 aliphatic heterocycles. The Morgan fingerprint density at radius 2 is 2.05 bits per heavy atom. The van der Waals surface area contributed by atoms with Gasteiger partial charge in [0.15, 0.2) is 0 Å². The van der Waals surface area contributed by atoms with Crippen molar-refractivity contribution in [2.45, 2.75) is 25.8 Å². The fourth-order valence-corrected chi connectivity index (χ4v) is 1.68. The molecular formula is C14H18N2O5. The number of nitrogens with two attached hydrogens (primary N) is 1. The minimum absolute atomic E-state index is 0.0560. The monoisotopic (exact) mass is 294 g/mol. The number of hydrogen-bond donors (Lipinski definition) is 3. The topological polar surface area (TPSA) is 119 Å². The van der Waals surface area contributed by atoms with Crippen LogP contribution in [0.1, 0.15) is 28.8 Å². The number of aliphatic carboxylic acids is 1. The number of amides is 1. The summed E-state index contributed by atoms with van der Waals surface area (Å²) >= 11 is 0. The predicted octanol–water partition coefficient (Wildman–Crippen LogP) is 0.912. The summed E-state index contributed by atoms with van der Waals surface area (Å²) < 4.78 is 4.60. The number of carbonyl (C=O) groups is 3. The molecule has 0 aliphatic rings. The van der Waals surface area contributed by atoms with E-state index in [1.54, 1.807) is 19.1 Å². The van der Waals surface area contributed by atoms with Crippen LogP contribution < -0.4 is 11.1 Å². The minimum atomic E-state index is -1.00. The molecule has 7 heteroatoms. The molecule has 1 amide bonds. The maximum Gasteiger partial charge on any atom is 0.337 e. The van der Waals surface area contributed by atoms with Gasteiger partial charge in [-0.2, -0.15) is 0 Å². The first-order chi connectivity index (χ1) is 9.85. The van der Waals surface area contributed by atoms with Gasteiger partial charge in [0.2, 0.25) is 5.91 Å². The van der Waals surface area contributed by atoms with Gasteiger partial charge in [0, 0.05) is 12.1 Å². The van der Waals surface area contributed by atoms with Crippen LogP contribution in [0.2, 0.25) is 0 Å². The molecular weight excluding hydrogens is 276 g/mol. The number of methoxy groups -OCH3 is 1. The first-order valence-electron chi connectivity index (χ1n) is 6.32. The van der Waals surface area contributed by atoms with E-state index in [-0.39, 0.29) is 12.8 Å². The van der Waals surface area contributed by atoms with E-state index in [0.717, 1.165) is 0 Å². The predicted molar refractivity (Wildman–Crippen MR) is 76.0 cm³/mol. The van der Waals surface area contributed by atoms with Crippen LogP contribution in [0.25, 0.3) is 0 Å². The van der Waals surface area contributed by atoms with Crippen molar-refractivity contribution < 1.29 is 24.2 Å². The maximum atomic E-state index is 11.8. The molecule has 0 saturated heterocycles. The van der Waals surface area contributed by atoms with E-state index in [0.29, 0.717) is 16.8 Å². The third kappa shape index (κ3) is 4.88. The van der Waals surface area contributed by atoms with E-state index in [1.165, 1.54) is 13.2 Å². The Labute approximate surface area is 122 Å². The maximum absolute atomic E-state index is 11.8. The second kappa shape index (κ2) is 7.39. The van der Waals surface area contributed by atoms with Crippen LogP contribution in [0.3, 0.4) is 0 Å². The lowest BCUT2D eigenvalue weighted by atomic mass is 10.1. The molecule has 1 aromatic carbocycles. The van der Waals surface area contributed by atoms with Gasteiger partial charge in [-0.3, -0.25) is 9.59 Å². The zero-order chi connectivity index (χ0) is 16.0. The van der Waals surface area contributed by atoms with Gasteiger partial charge < -0.3 is 20.9 Å². The number of hydrogen-bond acceptors (Lipinski definition) is 5. The Hall–Kier alpha value is -2.41. The summed E-state index contributed by atoms with van der Waals surface area (Å²) in [6.45, 7) is 1.73. The van der Waals surface area contributed by atoms with Gasteiger partial charge in [0.25, 0.3) is 0 Å². The average molecular weight is 294 g/mol. The molecule has 0 aliphatic carbocycles. The highest BCUT2D eigenvalue weighted by Gasteiger charge is 2.16. The van der Waals surface area contributed by atoms with Gasteiger partial charge in [-0.25, -0.2) is 4.79 Å². The first kappa shape index (κ1) is 16.6. The van der Waals surface area contributed by atoms with Crippen molar-refractivity contribution in [3.8, 4) is 0 Å². The fraction of sp³-hybridized carbons (Fsp3) is 0.357. The number of esters is 1. The molecule has 1 rings (SSSR count). The quantitative estimate of drug-likeness (QED) is 0.671. The highest BCUT2D eigenvalue weighted by Crippen LogP contribution is 2.17. The standard InChI is InChI=1S/C14H18N2O5/c1-8-7-9(14(20)21-2)3-5-11(8)16-13(19)10(15)4-6-12(17)18/h3,5,7,10H,4,6,15H2,1-2H3,(H,16,19)(H,17,18). The van der Waals surface area contributed by atoms with E-state index in [9.17, 15) is 14.4 Å². The summed E-state index contributed by atoms with van der Waals surface area (Å²) in [5, 5.41) is 11.2. The van der Waals surface area contributed by atoms with Crippen LogP contribution in [0.5, 0.6) is 0 Å². The van der Waals surface area contributed by atoms with Gasteiger partial charge in [0.1, 0.15) is 0 Å². The van der Waals surface area contributed by atoms with E-state index in [2.05, 4.69) is 10.1 Å². The number of carboxylic acid groups (broad SMARTS) is 1. The minimum Gasteiger partial charge on any atom is -0.481 e. The number of rotatable bonds is 6. The van der Waals surface area contributed by atoms with Crippen molar-refractivity contribution in [2.75, 3.05) is 12.4 Å². The number of carbonyl (C=O) groups excluding carboxylic acids is 2. The number of benzene rings is 1. The average Bonchev–Trinajstić information content (AvgIpc) is 2.45. The Morgan fingerprint density at radius 3 is 2.57 bits per heavy atom. The van der Waals surface area contributed by atoms with Gasteiger partial charge >= 0.3 is 11.9 Å². The molecule has 0 radical (unpaired) electrons. The molecule has 7 nitrogen and oxygen atoms in total. The van der Waals surface area contributed by atoms with Crippen LogP contribution in [-0.2, 0) is 14.3 Å². The summed E-state index contributed by atoms with van der Waals surface area (Å²) in [5.74, 6) is -1.93. The van der Waals surface area contributed by atoms with Crippen LogP contribution in [0, 0.1) is 6.92 Å². The van der Waals surface area contributed by atoms with Gasteiger partial charge in [-0.05, 0) is 37.1 Å². The van der Waals surface area contributed by atoms with E-state index >= 15 is 0 Å². The molecule has 0 heterocycles. The summed E-state index contributed by atoms with van der Waals surface area (Å²) in [4.78, 5) is 33.6. The second-order valence-electron chi connectivity index (χ2n) is 4.55. The number of ether oxygens (including phenoxy) is 1. The van der Waals surface area contributed by atoms with Gasteiger partial charge in [0.05, 0.1) is 18.7 Å². The molecule has 21 heavy (non-hydrogen) atoms. The lowest BCUT2D eigenvalue weighted by Gasteiger charge is -2.13. The number of aryl methyl sites for hydroxylation is 1. The zero-order valence-electron chi connectivity index (χ0n) is 11.9.